The van der Waals surface area contributed by atoms with Gasteiger partial charge in [0.25, 0.3) is 0 Å². The third-order valence-corrected chi connectivity index (χ3v) is 7.33. The second-order valence-corrected chi connectivity index (χ2v) is 8.91. The van der Waals surface area contributed by atoms with Crippen LogP contribution in [0.4, 0.5) is 0 Å². The number of hydrogen-bond acceptors (Lipinski definition) is 0. The summed E-state index contributed by atoms with van der Waals surface area (Å²) in [5.41, 5.74) is 0. The zero-order chi connectivity index (χ0) is 20.8. The van der Waals surface area contributed by atoms with Crippen molar-refractivity contribution in [3.8, 4) is 0 Å². The maximum atomic E-state index is 2.42. The van der Waals surface area contributed by atoms with Crippen LogP contribution in [0.15, 0.2) is 109 Å². The van der Waals surface area contributed by atoms with Crippen LogP contribution >= 0.6 is 0 Å². The standard InChI is InChI=1S/C32H18/c1-2-10-23-19(6-1)14-15-21-16-17-26-28(29(21)23)18-22-9-5-12-25-24-11-3-7-20-8-4-13-27(30(20)24)32(26)31(22)25/h1-18H. The molecule has 0 aromatic heterocycles. The van der Waals surface area contributed by atoms with E-state index in [-0.39, 0.29) is 0 Å². The normalized spacial score (nSPS) is 12.4. The molecule has 8 aromatic carbocycles. The van der Waals surface area contributed by atoms with Gasteiger partial charge in [-0.05, 0) is 81.5 Å². The summed E-state index contributed by atoms with van der Waals surface area (Å²) in [5, 5.41) is 18.8. The number of rotatable bonds is 0. The first-order valence-corrected chi connectivity index (χ1v) is 11.2. The molecule has 0 N–H and O–H groups in total. The van der Waals surface area contributed by atoms with Gasteiger partial charge in [0.15, 0.2) is 0 Å². The van der Waals surface area contributed by atoms with Crippen LogP contribution in [0.3, 0.4) is 0 Å². The van der Waals surface area contributed by atoms with E-state index in [0.29, 0.717) is 0 Å². The first-order chi connectivity index (χ1) is 15.9. The Morgan fingerprint density at radius 1 is 0.250 bits per heavy atom. The van der Waals surface area contributed by atoms with E-state index in [9.17, 15) is 0 Å². The Hall–Kier alpha value is -4.16. The minimum atomic E-state index is 1.29. The van der Waals surface area contributed by atoms with Crippen LogP contribution in [0.1, 0.15) is 0 Å². The van der Waals surface area contributed by atoms with Gasteiger partial charge in [-0.15, -0.1) is 0 Å². The summed E-state index contributed by atoms with van der Waals surface area (Å²) in [7, 11) is 0. The van der Waals surface area contributed by atoms with E-state index < -0.39 is 0 Å². The lowest BCUT2D eigenvalue weighted by Crippen LogP contribution is -1.89. The van der Waals surface area contributed by atoms with Crippen molar-refractivity contribution in [3.63, 3.8) is 0 Å². The molecule has 0 saturated carbocycles. The molecule has 0 saturated heterocycles. The predicted octanol–water partition coefficient (Wildman–Crippen LogP) is 9.20. The van der Waals surface area contributed by atoms with Gasteiger partial charge < -0.3 is 0 Å². The summed E-state index contributed by atoms with van der Waals surface area (Å²) in [4.78, 5) is 0. The molecule has 0 aliphatic rings. The molecule has 0 unspecified atom stereocenters. The summed E-state index contributed by atoms with van der Waals surface area (Å²) in [5.74, 6) is 0. The van der Waals surface area contributed by atoms with Gasteiger partial charge in [0.2, 0.25) is 0 Å². The van der Waals surface area contributed by atoms with Crippen LogP contribution in [-0.2, 0) is 0 Å². The summed E-state index contributed by atoms with van der Waals surface area (Å²) in [6.45, 7) is 0. The number of benzene rings is 8. The molecule has 8 aromatic rings. The highest BCUT2D eigenvalue weighted by Crippen LogP contribution is 2.45. The van der Waals surface area contributed by atoms with Crippen LogP contribution in [-0.4, -0.2) is 0 Å². The monoisotopic (exact) mass is 402 g/mol. The van der Waals surface area contributed by atoms with Crippen molar-refractivity contribution in [2.75, 3.05) is 0 Å². The molecule has 0 amide bonds. The van der Waals surface area contributed by atoms with Gasteiger partial charge in [0, 0.05) is 0 Å². The molecule has 0 bridgehead atoms. The molecule has 8 rings (SSSR count). The largest absolute Gasteiger partial charge is 0.0616 e. The lowest BCUT2D eigenvalue weighted by molar-refractivity contribution is 1.79. The second-order valence-electron chi connectivity index (χ2n) is 8.91. The molecule has 0 aliphatic carbocycles. The topological polar surface area (TPSA) is 0 Å². The fourth-order valence-electron chi connectivity index (χ4n) is 6.03. The predicted molar refractivity (Wildman–Crippen MR) is 140 cm³/mol. The Balaban J connectivity index is 1.77. The molecule has 0 nitrogen and oxygen atoms in total. The van der Waals surface area contributed by atoms with E-state index in [2.05, 4.69) is 109 Å². The summed E-state index contributed by atoms with van der Waals surface area (Å²) >= 11 is 0. The van der Waals surface area contributed by atoms with Crippen molar-refractivity contribution >= 4 is 75.4 Å². The highest BCUT2D eigenvalue weighted by atomic mass is 14.2. The zero-order valence-electron chi connectivity index (χ0n) is 17.4. The van der Waals surface area contributed by atoms with Crippen LogP contribution in [0.25, 0.3) is 75.4 Å². The molecular formula is C32H18. The highest BCUT2D eigenvalue weighted by molar-refractivity contribution is 6.40. The van der Waals surface area contributed by atoms with Crippen LogP contribution < -0.4 is 0 Å². The van der Waals surface area contributed by atoms with Crippen molar-refractivity contribution in [2.45, 2.75) is 0 Å². The number of fused-ring (bicyclic) bond motifs is 8. The summed E-state index contributed by atoms with van der Waals surface area (Å²) < 4.78 is 0. The minimum Gasteiger partial charge on any atom is -0.0616 e. The van der Waals surface area contributed by atoms with Gasteiger partial charge in [-0.3, -0.25) is 0 Å². The van der Waals surface area contributed by atoms with Crippen LogP contribution in [0.2, 0.25) is 0 Å². The number of hydrogen-bond donors (Lipinski definition) is 0. The molecule has 0 heterocycles. The molecule has 0 radical (unpaired) electrons. The van der Waals surface area contributed by atoms with E-state index in [1.54, 1.807) is 0 Å². The smallest absolute Gasteiger partial charge is 0.00139 e. The van der Waals surface area contributed by atoms with Crippen molar-refractivity contribution < 1.29 is 0 Å². The maximum Gasteiger partial charge on any atom is -0.00139 e. The quantitative estimate of drug-likeness (QED) is 0.175. The molecule has 0 spiro atoms. The van der Waals surface area contributed by atoms with Gasteiger partial charge in [-0.25, -0.2) is 0 Å². The zero-order valence-corrected chi connectivity index (χ0v) is 17.4. The molecule has 146 valence electrons. The first kappa shape index (κ1) is 16.5. The fourth-order valence-corrected chi connectivity index (χ4v) is 6.03. The fraction of sp³-hybridized carbons (Fsp3) is 0. The van der Waals surface area contributed by atoms with Gasteiger partial charge in [0.05, 0.1) is 0 Å². The minimum absolute atomic E-state index is 1.29. The molecule has 0 heteroatoms. The van der Waals surface area contributed by atoms with Crippen molar-refractivity contribution in [1.29, 1.82) is 0 Å². The first-order valence-electron chi connectivity index (χ1n) is 11.2. The van der Waals surface area contributed by atoms with E-state index in [1.807, 2.05) is 0 Å². The van der Waals surface area contributed by atoms with Crippen molar-refractivity contribution in [1.82, 2.24) is 0 Å². The van der Waals surface area contributed by atoms with Gasteiger partial charge >= 0.3 is 0 Å². The molecule has 0 atom stereocenters. The molecule has 0 fully saturated rings. The van der Waals surface area contributed by atoms with Crippen molar-refractivity contribution in [2.24, 2.45) is 0 Å². The van der Waals surface area contributed by atoms with Crippen molar-refractivity contribution in [3.05, 3.63) is 109 Å². The SMILES string of the molecule is c1ccc2c(c1)ccc1ccc3c(cc4cccc5c6cccc7cccc(c76)c3c45)c12. The summed E-state index contributed by atoms with van der Waals surface area (Å²) in [6.07, 6.45) is 0. The highest BCUT2D eigenvalue weighted by Gasteiger charge is 2.16. The Bertz CT molecular complexity index is 2020. The second kappa shape index (κ2) is 5.75. The Labute approximate surface area is 184 Å². The van der Waals surface area contributed by atoms with Crippen LogP contribution in [0.5, 0.6) is 0 Å². The molecule has 0 aliphatic heterocycles. The lowest BCUT2D eigenvalue weighted by atomic mass is 9.85. The molecular weight excluding hydrogens is 384 g/mol. The molecule has 32 heavy (non-hydrogen) atoms. The third kappa shape index (κ3) is 1.93. The van der Waals surface area contributed by atoms with E-state index in [1.165, 1.54) is 75.4 Å². The van der Waals surface area contributed by atoms with E-state index >= 15 is 0 Å². The average Bonchev–Trinajstić information content (AvgIpc) is 2.85. The van der Waals surface area contributed by atoms with Gasteiger partial charge in [-0.1, -0.05) is 103 Å². The maximum absolute atomic E-state index is 2.42. The summed E-state index contributed by atoms with van der Waals surface area (Å²) in [6, 6.07) is 40.6. The van der Waals surface area contributed by atoms with Gasteiger partial charge in [0.1, 0.15) is 0 Å². The Morgan fingerprint density at radius 2 is 0.781 bits per heavy atom. The third-order valence-electron chi connectivity index (χ3n) is 7.33. The van der Waals surface area contributed by atoms with E-state index in [0.717, 1.165) is 0 Å². The van der Waals surface area contributed by atoms with Gasteiger partial charge in [-0.2, -0.15) is 0 Å². The average molecular weight is 402 g/mol. The lowest BCUT2D eigenvalue weighted by Gasteiger charge is -2.17. The van der Waals surface area contributed by atoms with E-state index in [4.69, 9.17) is 0 Å². The Morgan fingerprint density at radius 3 is 1.66 bits per heavy atom. The van der Waals surface area contributed by atoms with Crippen LogP contribution in [0, 0.1) is 0 Å². The Kier molecular flexibility index (Phi) is 2.97.